The van der Waals surface area contributed by atoms with Gasteiger partial charge >= 0.3 is 6.03 Å². The number of nitrogens with one attached hydrogen (secondary N) is 1. The molecule has 7 nitrogen and oxygen atoms in total. The van der Waals surface area contributed by atoms with Crippen LogP contribution in [-0.4, -0.2) is 39.6 Å². The average Bonchev–Trinajstić information content (AvgIpc) is 3.38. The number of urea groups is 1. The van der Waals surface area contributed by atoms with Crippen molar-refractivity contribution in [3.8, 4) is 11.1 Å². The Labute approximate surface area is 200 Å². The van der Waals surface area contributed by atoms with Gasteiger partial charge in [-0.25, -0.2) is 23.8 Å². The van der Waals surface area contributed by atoms with Gasteiger partial charge in [0, 0.05) is 30.6 Å². The second-order valence-corrected chi connectivity index (χ2v) is 12.2. The van der Waals surface area contributed by atoms with Crippen LogP contribution in [0.5, 0.6) is 0 Å². The summed E-state index contributed by atoms with van der Waals surface area (Å²) in [5, 5.41) is 0.509. The second-order valence-electron chi connectivity index (χ2n) is 8.06. The summed E-state index contributed by atoms with van der Waals surface area (Å²) in [6.07, 6.45) is 3.12. The number of carbonyl (C=O) groups excluding carboxylic acids is 1. The van der Waals surface area contributed by atoms with E-state index in [4.69, 9.17) is 4.78 Å². The number of aromatic nitrogens is 2. The van der Waals surface area contributed by atoms with Crippen LogP contribution < -0.4 is 9.80 Å². The molecule has 1 aliphatic rings. The molecule has 0 aliphatic carbocycles. The smallest absolute Gasteiger partial charge is 0.294 e. The summed E-state index contributed by atoms with van der Waals surface area (Å²) in [7, 11) is -2.89. The van der Waals surface area contributed by atoms with E-state index in [9.17, 15) is 9.00 Å². The highest BCUT2D eigenvalue weighted by Crippen LogP contribution is 2.34. The Morgan fingerprint density at radius 1 is 1.06 bits per heavy atom. The highest BCUT2D eigenvalue weighted by Gasteiger charge is 2.29. The maximum Gasteiger partial charge on any atom is 0.330 e. The molecule has 5 rings (SSSR count). The molecule has 10 heteroatoms. The van der Waals surface area contributed by atoms with Crippen molar-refractivity contribution < 1.29 is 9.00 Å². The van der Waals surface area contributed by atoms with E-state index in [1.807, 2.05) is 41.9 Å². The van der Waals surface area contributed by atoms with Crippen LogP contribution in [0.3, 0.4) is 0 Å². The monoisotopic (exact) mass is 497 g/mol. The normalized spacial score (nSPS) is 16.7. The Kier molecular flexibility index (Phi) is 5.67. The quantitative estimate of drug-likeness (QED) is 0.375. The number of hydrogen-bond acceptors (Lipinski definition) is 7. The van der Waals surface area contributed by atoms with Gasteiger partial charge in [0.25, 0.3) is 0 Å². The summed E-state index contributed by atoms with van der Waals surface area (Å²) in [5.41, 5.74) is 6.46. The van der Waals surface area contributed by atoms with Crippen molar-refractivity contribution in [1.82, 2.24) is 9.97 Å². The molecular formula is C23H23N5O2S3. The molecule has 1 atom stereocenters. The van der Waals surface area contributed by atoms with Crippen molar-refractivity contribution in [2.24, 2.45) is 0 Å². The van der Waals surface area contributed by atoms with Crippen LogP contribution in [0, 0.1) is 11.7 Å². The van der Waals surface area contributed by atoms with E-state index in [0.717, 1.165) is 39.9 Å². The highest BCUT2D eigenvalue weighted by atomic mass is 32.2. The first kappa shape index (κ1) is 22.0. The highest BCUT2D eigenvalue weighted by molar-refractivity contribution is 7.93. The largest absolute Gasteiger partial charge is 0.330 e. The van der Waals surface area contributed by atoms with Crippen LogP contribution >= 0.6 is 22.7 Å². The number of fused-ring (bicyclic) bond motifs is 1. The molecule has 0 bridgehead atoms. The zero-order valence-electron chi connectivity index (χ0n) is 18.3. The minimum Gasteiger partial charge on any atom is -0.294 e. The standard InChI is InChI=1S/C23H23N5O2S3/c1-15-21(33(2,24)30)32-22(26-15)28-13-4-3-12-27(23(28)29)17-10-8-16(9-11-17)18-6-5-7-19-20(18)31-14-25-19/h5-11,14,24H,3-4,12-13H2,1-2H3. The Balaban J connectivity index is 1.45. The first-order valence-electron chi connectivity index (χ1n) is 10.6. The van der Waals surface area contributed by atoms with Crippen LogP contribution in [0.15, 0.2) is 52.2 Å². The Hall–Kier alpha value is -2.82. The molecule has 0 radical (unpaired) electrons. The fourth-order valence-corrected chi connectivity index (χ4v) is 7.19. The second kappa shape index (κ2) is 8.51. The van der Waals surface area contributed by atoms with Crippen LogP contribution in [-0.2, 0) is 9.73 Å². The number of anilines is 2. The summed E-state index contributed by atoms with van der Waals surface area (Å²) < 4.78 is 21.8. The van der Waals surface area contributed by atoms with E-state index in [2.05, 4.69) is 16.0 Å². The summed E-state index contributed by atoms with van der Waals surface area (Å²) in [5.74, 6) is 0. The fraction of sp³-hybridized carbons (Fsp3) is 0.261. The van der Waals surface area contributed by atoms with Crippen LogP contribution in [0.4, 0.5) is 15.6 Å². The first-order valence-corrected chi connectivity index (χ1v) is 14.2. The van der Waals surface area contributed by atoms with Crippen molar-refractivity contribution >= 4 is 59.5 Å². The Morgan fingerprint density at radius 2 is 1.79 bits per heavy atom. The average molecular weight is 498 g/mol. The fourth-order valence-electron chi connectivity index (χ4n) is 4.07. The van der Waals surface area contributed by atoms with E-state index in [1.54, 1.807) is 28.1 Å². The number of nitrogens with zero attached hydrogens (tertiary/aromatic N) is 4. The molecular weight excluding hydrogens is 474 g/mol. The number of rotatable bonds is 4. The Bertz CT molecular complexity index is 1440. The van der Waals surface area contributed by atoms with Crippen molar-refractivity contribution in [1.29, 1.82) is 4.78 Å². The lowest BCUT2D eigenvalue weighted by Crippen LogP contribution is -2.42. The van der Waals surface area contributed by atoms with Gasteiger partial charge in [-0.1, -0.05) is 35.6 Å². The van der Waals surface area contributed by atoms with Gasteiger partial charge in [0.05, 0.1) is 31.2 Å². The molecule has 0 saturated carbocycles. The number of benzene rings is 2. The summed E-state index contributed by atoms with van der Waals surface area (Å²) >= 11 is 2.81. The third-order valence-corrected chi connectivity index (χ3v) is 9.71. The number of aryl methyl sites for hydroxylation is 1. The molecule has 2 amide bonds. The third kappa shape index (κ3) is 4.14. The Morgan fingerprint density at radius 3 is 2.48 bits per heavy atom. The molecule has 1 saturated heterocycles. The van der Waals surface area contributed by atoms with Gasteiger partial charge in [0.2, 0.25) is 0 Å². The SMILES string of the molecule is Cc1nc(N2CCCCN(c3ccc(-c4cccc5ncsc45)cc3)C2=O)sc1S(C)(=N)=O. The predicted molar refractivity (Wildman–Crippen MR) is 136 cm³/mol. The molecule has 1 unspecified atom stereocenters. The van der Waals surface area contributed by atoms with Crippen molar-refractivity contribution in [3.05, 3.63) is 53.7 Å². The molecule has 0 spiro atoms. The molecule has 1 aliphatic heterocycles. The van der Waals surface area contributed by atoms with Crippen molar-refractivity contribution in [3.63, 3.8) is 0 Å². The maximum atomic E-state index is 13.5. The number of hydrogen-bond donors (Lipinski definition) is 1. The molecule has 3 heterocycles. The van der Waals surface area contributed by atoms with E-state index >= 15 is 0 Å². The topological polar surface area (TPSA) is 90.2 Å². The van der Waals surface area contributed by atoms with Gasteiger partial charge < -0.3 is 0 Å². The molecule has 1 N–H and O–H groups in total. The van der Waals surface area contributed by atoms with Crippen LogP contribution in [0.2, 0.25) is 0 Å². The molecule has 2 aromatic heterocycles. The third-order valence-electron chi connectivity index (χ3n) is 5.65. The van der Waals surface area contributed by atoms with Gasteiger partial charge in [-0.15, -0.1) is 11.3 Å². The summed E-state index contributed by atoms with van der Waals surface area (Å²) in [6, 6.07) is 14.0. The van der Waals surface area contributed by atoms with Gasteiger partial charge in [-0.2, -0.15) is 0 Å². The van der Waals surface area contributed by atoms with E-state index in [-0.39, 0.29) is 6.03 Å². The minimum atomic E-state index is -2.89. The maximum absolute atomic E-state index is 13.5. The van der Waals surface area contributed by atoms with Crippen LogP contribution in [0.25, 0.3) is 21.3 Å². The number of carbonyl (C=O) groups is 1. The summed E-state index contributed by atoms with van der Waals surface area (Å²) in [6.45, 7) is 2.92. The van der Waals surface area contributed by atoms with E-state index in [0.29, 0.717) is 28.1 Å². The lowest BCUT2D eigenvalue weighted by molar-refractivity contribution is 0.252. The van der Waals surface area contributed by atoms with Gasteiger partial charge in [-0.05, 0) is 43.5 Å². The van der Waals surface area contributed by atoms with Gasteiger partial charge in [0.1, 0.15) is 4.21 Å². The molecule has 170 valence electrons. The molecule has 4 aromatic rings. The van der Waals surface area contributed by atoms with Gasteiger partial charge in [0.15, 0.2) is 5.13 Å². The van der Waals surface area contributed by atoms with E-state index in [1.165, 1.54) is 17.6 Å². The lowest BCUT2D eigenvalue weighted by Gasteiger charge is -2.26. The molecule has 1 fully saturated rings. The minimum absolute atomic E-state index is 0.141. The van der Waals surface area contributed by atoms with Gasteiger partial charge in [-0.3, -0.25) is 9.80 Å². The molecule has 2 aromatic carbocycles. The van der Waals surface area contributed by atoms with Crippen molar-refractivity contribution in [2.45, 2.75) is 24.0 Å². The first-order chi connectivity index (χ1) is 15.8. The molecule has 33 heavy (non-hydrogen) atoms. The van der Waals surface area contributed by atoms with Crippen LogP contribution in [0.1, 0.15) is 18.5 Å². The predicted octanol–water partition coefficient (Wildman–Crippen LogP) is 5.99. The zero-order valence-corrected chi connectivity index (χ0v) is 20.7. The number of amides is 2. The van der Waals surface area contributed by atoms with E-state index < -0.39 is 9.73 Å². The number of thiazole rings is 2. The lowest BCUT2D eigenvalue weighted by atomic mass is 10.0. The van der Waals surface area contributed by atoms with Crippen molar-refractivity contribution in [2.75, 3.05) is 29.1 Å². The zero-order chi connectivity index (χ0) is 23.2. The summed E-state index contributed by atoms with van der Waals surface area (Å²) in [4.78, 5) is 25.8.